The zero-order valence-electron chi connectivity index (χ0n) is 23.9. The number of hydrogen-bond donors (Lipinski definition) is 1. The lowest BCUT2D eigenvalue weighted by molar-refractivity contribution is -0.143. The maximum atomic E-state index is 14.0. The van der Waals surface area contributed by atoms with Gasteiger partial charge in [0.25, 0.3) is 5.91 Å². The Morgan fingerprint density at radius 3 is 2.30 bits per heavy atom. The van der Waals surface area contributed by atoms with E-state index in [1.165, 1.54) is 6.42 Å². The van der Waals surface area contributed by atoms with E-state index < -0.39 is 6.04 Å². The third-order valence-corrected chi connectivity index (χ3v) is 7.75. The first-order valence-corrected chi connectivity index (χ1v) is 14.7. The Bertz CT molecular complexity index is 1270. The van der Waals surface area contributed by atoms with Crippen molar-refractivity contribution in [2.75, 3.05) is 6.61 Å². The van der Waals surface area contributed by atoms with Gasteiger partial charge in [-0.25, -0.2) is 0 Å². The van der Waals surface area contributed by atoms with E-state index in [9.17, 15) is 9.59 Å². The van der Waals surface area contributed by atoms with Crippen molar-refractivity contribution in [3.8, 4) is 5.75 Å². The van der Waals surface area contributed by atoms with Crippen LogP contribution in [0.1, 0.15) is 69.6 Å². The molecule has 0 aromatic heterocycles. The van der Waals surface area contributed by atoms with Crippen molar-refractivity contribution in [2.45, 2.75) is 83.3 Å². The molecule has 0 saturated heterocycles. The molecule has 0 spiro atoms. The molecule has 5 nitrogen and oxygen atoms in total. The van der Waals surface area contributed by atoms with E-state index in [0.29, 0.717) is 17.2 Å². The summed E-state index contributed by atoms with van der Waals surface area (Å²) >= 11 is 6.30. The molecule has 1 N–H and O–H groups in total. The van der Waals surface area contributed by atoms with Gasteiger partial charge in [0.05, 0.1) is 0 Å². The molecule has 1 aliphatic rings. The summed E-state index contributed by atoms with van der Waals surface area (Å²) in [5, 5.41) is 3.86. The summed E-state index contributed by atoms with van der Waals surface area (Å²) in [6.07, 6.45) is 5.77. The maximum Gasteiger partial charge on any atom is 0.261 e. The lowest BCUT2D eigenvalue weighted by Crippen LogP contribution is -2.53. The normalized spacial score (nSPS) is 14.8. The van der Waals surface area contributed by atoms with Crippen molar-refractivity contribution in [1.82, 2.24) is 10.2 Å². The van der Waals surface area contributed by atoms with Crippen LogP contribution in [0.15, 0.2) is 78.9 Å². The highest BCUT2D eigenvalue weighted by Gasteiger charge is 2.32. The van der Waals surface area contributed by atoms with Crippen LogP contribution in [-0.4, -0.2) is 35.4 Å². The number of nitrogens with one attached hydrogen (secondary N) is 1. The summed E-state index contributed by atoms with van der Waals surface area (Å²) in [4.78, 5) is 29.6. The van der Waals surface area contributed by atoms with Crippen LogP contribution in [0.3, 0.4) is 0 Å². The Hall–Kier alpha value is -3.31. The lowest BCUT2D eigenvalue weighted by atomic mass is 9.86. The van der Waals surface area contributed by atoms with Gasteiger partial charge in [-0.15, -0.1) is 0 Å². The number of halogens is 1. The summed E-state index contributed by atoms with van der Waals surface area (Å²) in [6.45, 7) is 6.44. The molecular formula is C34H41ClN2O3. The van der Waals surface area contributed by atoms with Crippen LogP contribution in [-0.2, 0) is 28.0 Å². The molecule has 6 heteroatoms. The zero-order valence-corrected chi connectivity index (χ0v) is 24.6. The van der Waals surface area contributed by atoms with Gasteiger partial charge >= 0.3 is 0 Å². The van der Waals surface area contributed by atoms with E-state index in [-0.39, 0.29) is 36.4 Å². The van der Waals surface area contributed by atoms with Gasteiger partial charge in [-0.1, -0.05) is 112 Å². The maximum absolute atomic E-state index is 14.0. The molecule has 0 bridgehead atoms. The van der Waals surface area contributed by atoms with Crippen molar-refractivity contribution >= 4 is 23.4 Å². The monoisotopic (exact) mass is 560 g/mol. The summed E-state index contributed by atoms with van der Waals surface area (Å²) in [5.74, 6) is 0.307. The van der Waals surface area contributed by atoms with Crippen LogP contribution in [0.25, 0.3) is 0 Å². The molecule has 0 unspecified atom stereocenters. The fourth-order valence-corrected chi connectivity index (χ4v) is 5.58. The highest BCUT2D eigenvalue weighted by atomic mass is 35.5. The van der Waals surface area contributed by atoms with Gasteiger partial charge in [0, 0.05) is 24.0 Å². The number of carbonyl (C=O) groups excluding carboxylic acids is 2. The van der Waals surface area contributed by atoms with E-state index >= 15 is 0 Å². The minimum absolute atomic E-state index is 0.124. The fraction of sp³-hybridized carbons (Fsp3) is 0.412. The van der Waals surface area contributed by atoms with E-state index in [4.69, 9.17) is 16.3 Å². The zero-order chi connectivity index (χ0) is 28.5. The number of carbonyl (C=O) groups is 2. The Morgan fingerprint density at radius 2 is 1.60 bits per heavy atom. The van der Waals surface area contributed by atoms with E-state index in [1.54, 1.807) is 11.0 Å². The molecular weight excluding hydrogens is 520 g/mol. The van der Waals surface area contributed by atoms with Gasteiger partial charge in [-0.2, -0.15) is 0 Å². The number of para-hydroxylation sites is 1. The summed E-state index contributed by atoms with van der Waals surface area (Å²) in [7, 11) is 0. The number of ether oxygens (including phenoxy) is 1. The van der Waals surface area contributed by atoms with Gasteiger partial charge in [-0.3, -0.25) is 9.59 Å². The fourth-order valence-electron chi connectivity index (χ4n) is 5.36. The molecule has 0 heterocycles. The molecule has 1 saturated carbocycles. The highest BCUT2D eigenvalue weighted by Crippen LogP contribution is 2.31. The molecule has 1 aliphatic carbocycles. The first kappa shape index (κ1) is 29.7. The van der Waals surface area contributed by atoms with Gasteiger partial charge in [0.2, 0.25) is 5.91 Å². The minimum Gasteiger partial charge on any atom is -0.483 e. The molecule has 3 aromatic rings. The van der Waals surface area contributed by atoms with Gasteiger partial charge in [0.15, 0.2) is 6.61 Å². The SMILES string of the molecule is CC(C)(C)c1ccccc1OCC(=O)N(Cc1cccc(Cl)c1)[C@H](Cc1ccccc1)C(=O)NC1CCCCC1. The number of nitrogens with zero attached hydrogens (tertiary/aromatic N) is 1. The molecule has 2 amide bonds. The quantitative estimate of drug-likeness (QED) is 0.287. The summed E-state index contributed by atoms with van der Waals surface area (Å²) in [6, 6.07) is 24.6. The van der Waals surface area contributed by atoms with Crippen LogP contribution in [0, 0.1) is 0 Å². The first-order valence-electron chi connectivity index (χ1n) is 14.3. The van der Waals surface area contributed by atoms with Crippen LogP contribution >= 0.6 is 11.6 Å². The van der Waals surface area contributed by atoms with Crippen molar-refractivity contribution in [3.05, 3.63) is 101 Å². The highest BCUT2D eigenvalue weighted by molar-refractivity contribution is 6.30. The molecule has 0 aliphatic heterocycles. The van der Waals surface area contributed by atoms with Gasteiger partial charge < -0.3 is 15.0 Å². The largest absolute Gasteiger partial charge is 0.483 e. The topological polar surface area (TPSA) is 58.6 Å². The summed E-state index contributed by atoms with van der Waals surface area (Å²) in [5.41, 5.74) is 2.74. The van der Waals surface area contributed by atoms with E-state index in [1.807, 2.05) is 72.8 Å². The lowest BCUT2D eigenvalue weighted by Gasteiger charge is -2.33. The third-order valence-electron chi connectivity index (χ3n) is 7.51. The van der Waals surface area contributed by atoms with E-state index in [2.05, 4.69) is 26.1 Å². The molecule has 0 radical (unpaired) electrons. The van der Waals surface area contributed by atoms with Crippen LogP contribution in [0.2, 0.25) is 5.02 Å². The van der Waals surface area contributed by atoms with Crippen LogP contribution < -0.4 is 10.1 Å². The average molecular weight is 561 g/mol. The molecule has 3 aromatic carbocycles. The molecule has 1 fully saturated rings. The van der Waals surface area contributed by atoms with Crippen molar-refractivity contribution in [2.24, 2.45) is 0 Å². The molecule has 1 atom stereocenters. The van der Waals surface area contributed by atoms with Crippen molar-refractivity contribution in [3.63, 3.8) is 0 Å². The Labute approximate surface area is 243 Å². The Morgan fingerprint density at radius 1 is 0.925 bits per heavy atom. The molecule has 4 rings (SSSR count). The van der Waals surface area contributed by atoms with Crippen molar-refractivity contribution < 1.29 is 14.3 Å². The van der Waals surface area contributed by atoms with Gasteiger partial charge in [0.1, 0.15) is 11.8 Å². The first-order chi connectivity index (χ1) is 19.2. The van der Waals surface area contributed by atoms with Crippen LogP contribution in [0.5, 0.6) is 5.75 Å². The van der Waals surface area contributed by atoms with Gasteiger partial charge in [-0.05, 0) is 53.1 Å². The number of benzene rings is 3. The standard InChI is InChI=1S/C34H41ClN2O3/c1-34(2,3)29-19-10-11-20-31(29)40-24-32(38)37(23-26-15-12-16-27(35)21-26)30(22-25-13-6-4-7-14-25)33(39)36-28-17-8-5-9-18-28/h4,6-7,10-16,19-21,28,30H,5,8-9,17-18,22-24H2,1-3H3,(H,36,39)/t30-/m1/s1. The second-order valence-electron chi connectivity index (χ2n) is 11.7. The molecule has 40 heavy (non-hydrogen) atoms. The average Bonchev–Trinajstić information content (AvgIpc) is 2.94. The van der Waals surface area contributed by atoms with E-state index in [0.717, 1.165) is 42.4 Å². The Kier molecular flexibility index (Phi) is 10.3. The smallest absolute Gasteiger partial charge is 0.261 e. The molecule has 212 valence electrons. The second kappa shape index (κ2) is 13.8. The van der Waals surface area contributed by atoms with Crippen LogP contribution in [0.4, 0.5) is 0 Å². The predicted octanol–water partition coefficient (Wildman–Crippen LogP) is 7.11. The third kappa shape index (κ3) is 8.34. The minimum atomic E-state index is -0.697. The number of rotatable bonds is 10. The number of amides is 2. The predicted molar refractivity (Wildman–Crippen MR) is 162 cm³/mol. The number of hydrogen-bond acceptors (Lipinski definition) is 3. The Balaban J connectivity index is 1.64. The van der Waals surface area contributed by atoms with Crippen molar-refractivity contribution in [1.29, 1.82) is 0 Å². The second-order valence-corrected chi connectivity index (χ2v) is 12.2. The summed E-state index contributed by atoms with van der Waals surface area (Å²) < 4.78 is 6.15.